The molecule has 2 aromatic rings. The van der Waals surface area contributed by atoms with Gasteiger partial charge in [-0.25, -0.2) is 4.98 Å². The number of hydrogen-bond acceptors (Lipinski definition) is 2. The first-order valence-corrected chi connectivity index (χ1v) is 6.63. The zero-order chi connectivity index (χ0) is 12.4. The Labute approximate surface area is 108 Å². The fraction of sp³-hybridized carbons (Fsp3) is 0.400. The van der Waals surface area contributed by atoms with Gasteiger partial charge in [0, 0.05) is 31.5 Å². The van der Waals surface area contributed by atoms with E-state index in [-0.39, 0.29) is 0 Å². The summed E-state index contributed by atoms with van der Waals surface area (Å²) in [6.07, 6.45) is 6.41. The number of benzene rings is 1. The maximum atomic E-state index is 4.38. The Kier molecular flexibility index (Phi) is 3.15. The maximum absolute atomic E-state index is 4.38. The molecule has 1 aromatic heterocycles. The Balaban J connectivity index is 1.82. The lowest BCUT2D eigenvalue weighted by molar-refractivity contribution is 0.461. The summed E-state index contributed by atoms with van der Waals surface area (Å²) in [5.74, 6) is 1.71. The van der Waals surface area contributed by atoms with Crippen molar-refractivity contribution in [3.8, 4) is 11.4 Å². The van der Waals surface area contributed by atoms with Gasteiger partial charge in [-0.3, -0.25) is 0 Å². The van der Waals surface area contributed by atoms with Crippen LogP contribution in [0.3, 0.4) is 0 Å². The lowest BCUT2D eigenvalue weighted by Gasteiger charge is -2.23. The van der Waals surface area contributed by atoms with Gasteiger partial charge in [0.1, 0.15) is 5.82 Å². The molecule has 0 spiro atoms. The molecule has 1 fully saturated rings. The van der Waals surface area contributed by atoms with Crippen molar-refractivity contribution >= 4 is 0 Å². The van der Waals surface area contributed by atoms with Gasteiger partial charge in [0.15, 0.2) is 0 Å². The molecule has 1 unspecified atom stereocenters. The highest BCUT2D eigenvalue weighted by Gasteiger charge is 2.15. The Morgan fingerprint density at radius 2 is 2.11 bits per heavy atom. The SMILES string of the molecule is Cn1ccnc1-c1ccc(C2CCCNC2)cc1. The van der Waals surface area contributed by atoms with Gasteiger partial charge in [-0.15, -0.1) is 0 Å². The quantitative estimate of drug-likeness (QED) is 0.875. The lowest BCUT2D eigenvalue weighted by atomic mass is 9.91. The van der Waals surface area contributed by atoms with Gasteiger partial charge in [0.05, 0.1) is 0 Å². The first-order chi connectivity index (χ1) is 8.84. The summed E-state index contributed by atoms with van der Waals surface area (Å²) >= 11 is 0. The number of aromatic nitrogens is 2. The van der Waals surface area contributed by atoms with Crippen molar-refractivity contribution in [2.75, 3.05) is 13.1 Å². The smallest absolute Gasteiger partial charge is 0.139 e. The van der Waals surface area contributed by atoms with Crippen molar-refractivity contribution < 1.29 is 0 Å². The van der Waals surface area contributed by atoms with Gasteiger partial charge in [0.2, 0.25) is 0 Å². The zero-order valence-corrected chi connectivity index (χ0v) is 10.8. The van der Waals surface area contributed by atoms with Crippen LogP contribution in [0.25, 0.3) is 11.4 Å². The molecule has 3 rings (SSSR count). The van der Waals surface area contributed by atoms with Crippen LogP contribution in [0.1, 0.15) is 24.3 Å². The van der Waals surface area contributed by atoms with E-state index < -0.39 is 0 Å². The van der Waals surface area contributed by atoms with Crippen LogP contribution >= 0.6 is 0 Å². The third-order valence-electron chi connectivity index (χ3n) is 3.76. The Bertz CT molecular complexity index is 507. The number of nitrogens with zero attached hydrogens (tertiary/aromatic N) is 2. The van der Waals surface area contributed by atoms with Gasteiger partial charge in [0.25, 0.3) is 0 Å². The lowest BCUT2D eigenvalue weighted by Crippen LogP contribution is -2.28. The summed E-state index contributed by atoms with van der Waals surface area (Å²) in [6.45, 7) is 2.28. The van der Waals surface area contributed by atoms with E-state index in [1.807, 2.05) is 19.4 Å². The molecule has 1 aliphatic heterocycles. The first kappa shape index (κ1) is 11.5. The van der Waals surface area contributed by atoms with E-state index in [4.69, 9.17) is 0 Å². The average molecular weight is 241 g/mol. The molecule has 1 aliphatic rings. The molecule has 1 N–H and O–H groups in total. The summed E-state index contributed by atoms with van der Waals surface area (Å²) in [6, 6.07) is 8.88. The minimum Gasteiger partial charge on any atom is -0.334 e. The summed E-state index contributed by atoms with van der Waals surface area (Å²) in [7, 11) is 2.03. The maximum Gasteiger partial charge on any atom is 0.139 e. The van der Waals surface area contributed by atoms with Crippen LogP contribution in [0, 0.1) is 0 Å². The highest BCUT2D eigenvalue weighted by atomic mass is 15.0. The monoisotopic (exact) mass is 241 g/mol. The fourth-order valence-corrected chi connectivity index (χ4v) is 2.68. The van der Waals surface area contributed by atoms with E-state index in [1.165, 1.54) is 30.5 Å². The molecule has 3 nitrogen and oxygen atoms in total. The summed E-state index contributed by atoms with van der Waals surface area (Å²) < 4.78 is 2.05. The van der Waals surface area contributed by atoms with Crippen molar-refractivity contribution in [1.29, 1.82) is 0 Å². The number of hydrogen-bond donors (Lipinski definition) is 1. The molecular formula is C15H19N3. The van der Waals surface area contributed by atoms with Crippen LogP contribution in [0.4, 0.5) is 0 Å². The van der Waals surface area contributed by atoms with E-state index >= 15 is 0 Å². The summed E-state index contributed by atoms with van der Waals surface area (Å²) in [4.78, 5) is 4.38. The van der Waals surface area contributed by atoms with Crippen LogP contribution in [0.2, 0.25) is 0 Å². The van der Waals surface area contributed by atoms with Crippen molar-refractivity contribution in [3.05, 3.63) is 42.2 Å². The Morgan fingerprint density at radius 1 is 1.28 bits per heavy atom. The minimum absolute atomic E-state index is 0.675. The molecule has 0 saturated carbocycles. The molecule has 1 saturated heterocycles. The summed E-state index contributed by atoms with van der Waals surface area (Å²) in [5, 5.41) is 3.47. The highest BCUT2D eigenvalue weighted by molar-refractivity contribution is 5.56. The third kappa shape index (κ3) is 2.18. The molecule has 0 amide bonds. The highest BCUT2D eigenvalue weighted by Crippen LogP contribution is 2.25. The molecule has 2 heterocycles. The zero-order valence-electron chi connectivity index (χ0n) is 10.8. The number of nitrogens with one attached hydrogen (secondary N) is 1. The normalized spacial score (nSPS) is 19.9. The van der Waals surface area contributed by atoms with Crippen LogP contribution in [-0.2, 0) is 7.05 Å². The van der Waals surface area contributed by atoms with E-state index in [0.717, 1.165) is 12.4 Å². The van der Waals surface area contributed by atoms with Gasteiger partial charge >= 0.3 is 0 Å². The molecule has 3 heteroatoms. The van der Waals surface area contributed by atoms with E-state index in [0.29, 0.717) is 5.92 Å². The predicted molar refractivity (Wildman–Crippen MR) is 73.5 cm³/mol. The predicted octanol–water partition coefficient (Wildman–Crippen LogP) is 2.55. The summed E-state index contributed by atoms with van der Waals surface area (Å²) in [5.41, 5.74) is 2.63. The van der Waals surface area contributed by atoms with E-state index in [2.05, 4.69) is 39.1 Å². The number of imidazole rings is 1. The van der Waals surface area contributed by atoms with Crippen LogP contribution in [0.15, 0.2) is 36.7 Å². The van der Waals surface area contributed by atoms with E-state index in [9.17, 15) is 0 Å². The van der Waals surface area contributed by atoms with Crippen LogP contribution in [-0.4, -0.2) is 22.6 Å². The van der Waals surface area contributed by atoms with Gasteiger partial charge in [-0.05, 0) is 30.9 Å². The van der Waals surface area contributed by atoms with Crippen molar-refractivity contribution in [1.82, 2.24) is 14.9 Å². The van der Waals surface area contributed by atoms with Crippen LogP contribution < -0.4 is 5.32 Å². The second kappa shape index (κ2) is 4.94. The van der Waals surface area contributed by atoms with Gasteiger partial charge in [-0.1, -0.05) is 24.3 Å². The minimum atomic E-state index is 0.675. The second-order valence-corrected chi connectivity index (χ2v) is 5.03. The molecule has 1 aromatic carbocycles. The molecule has 1 atom stereocenters. The van der Waals surface area contributed by atoms with Crippen molar-refractivity contribution in [2.24, 2.45) is 7.05 Å². The largest absolute Gasteiger partial charge is 0.334 e. The average Bonchev–Trinajstić information content (AvgIpc) is 2.86. The van der Waals surface area contributed by atoms with E-state index in [1.54, 1.807) is 0 Å². The molecule has 0 aliphatic carbocycles. The number of piperidine rings is 1. The topological polar surface area (TPSA) is 29.9 Å². The first-order valence-electron chi connectivity index (χ1n) is 6.63. The standard InChI is InChI=1S/C15H19N3/c1-18-10-9-17-15(18)13-6-4-12(5-7-13)14-3-2-8-16-11-14/h4-7,9-10,14,16H,2-3,8,11H2,1H3. The molecule has 0 bridgehead atoms. The molecule has 94 valence electrons. The third-order valence-corrected chi connectivity index (χ3v) is 3.76. The number of aryl methyl sites for hydroxylation is 1. The van der Waals surface area contributed by atoms with Crippen molar-refractivity contribution in [3.63, 3.8) is 0 Å². The molecule has 18 heavy (non-hydrogen) atoms. The molecular weight excluding hydrogens is 222 g/mol. The number of rotatable bonds is 2. The second-order valence-electron chi connectivity index (χ2n) is 5.03. The molecule has 0 radical (unpaired) electrons. The Hall–Kier alpha value is -1.61. The van der Waals surface area contributed by atoms with Crippen LogP contribution in [0.5, 0.6) is 0 Å². The van der Waals surface area contributed by atoms with Gasteiger partial charge < -0.3 is 9.88 Å². The Morgan fingerprint density at radius 3 is 2.72 bits per heavy atom. The van der Waals surface area contributed by atoms with Crippen molar-refractivity contribution in [2.45, 2.75) is 18.8 Å². The fourth-order valence-electron chi connectivity index (χ4n) is 2.68. The van der Waals surface area contributed by atoms with Gasteiger partial charge in [-0.2, -0.15) is 0 Å².